The van der Waals surface area contributed by atoms with Crippen LogP contribution in [-0.4, -0.2) is 22.9 Å². The summed E-state index contributed by atoms with van der Waals surface area (Å²) in [6.45, 7) is -0.0116. The summed E-state index contributed by atoms with van der Waals surface area (Å²) in [5.41, 5.74) is 5.13. The zero-order chi connectivity index (χ0) is 15.6. The first-order valence-corrected chi connectivity index (χ1v) is 7.29. The van der Waals surface area contributed by atoms with Crippen LogP contribution >= 0.6 is 0 Å². The molecule has 10 heteroatoms. The van der Waals surface area contributed by atoms with Crippen molar-refractivity contribution in [1.29, 1.82) is 0 Å². The van der Waals surface area contributed by atoms with E-state index in [4.69, 9.17) is 5.73 Å². The van der Waals surface area contributed by atoms with Gasteiger partial charge in [-0.05, 0) is 6.07 Å². The summed E-state index contributed by atoms with van der Waals surface area (Å²) in [6.07, 6.45) is 3.23. The molecule has 0 atom stereocenters. The zero-order valence-electron chi connectivity index (χ0n) is 11.1. The molecule has 1 heterocycles. The highest BCUT2D eigenvalue weighted by atomic mass is 32.2. The Hall–Kier alpha value is -2.46. The molecular weight excluding hydrogens is 298 g/mol. The lowest BCUT2D eigenvalue weighted by molar-refractivity contribution is -0.384. The van der Waals surface area contributed by atoms with Crippen LogP contribution in [0.4, 0.5) is 11.4 Å². The molecule has 0 unspecified atom stereocenters. The van der Waals surface area contributed by atoms with Crippen LogP contribution in [0.25, 0.3) is 0 Å². The fraction of sp³-hybridized carbons (Fsp3) is 0.182. The molecule has 112 valence electrons. The number of nitrogens with one attached hydrogen (secondary N) is 1. The Morgan fingerprint density at radius 2 is 2.19 bits per heavy atom. The lowest BCUT2D eigenvalue weighted by atomic mass is 10.3. The van der Waals surface area contributed by atoms with E-state index in [1.165, 1.54) is 0 Å². The molecule has 0 radical (unpaired) electrons. The number of aryl methyl sites for hydroxylation is 1. The summed E-state index contributed by atoms with van der Waals surface area (Å²) in [4.78, 5) is 13.7. The van der Waals surface area contributed by atoms with Crippen molar-refractivity contribution < 1.29 is 13.3 Å². The van der Waals surface area contributed by atoms with Crippen molar-refractivity contribution in [3.8, 4) is 0 Å². The van der Waals surface area contributed by atoms with E-state index in [0.717, 1.165) is 18.2 Å². The molecule has 2 rings (SSSR count). The first-order chi connectivity index (χ1) is 9.81. The molecule has 0 saturated carbocycles. The number of sulfonamides is 1. The first-order valence-electron chi connectivity index (χ1n) is 5.81. The van der Waals surface area contributed by atoms with Crippen LogP contribution in [0.1, 0.15) is 5.82 Å². The number of aromatic nitrogens is 2. The van der Waals surface area contributed by atoms with Crippen LogP contribution in [0.2, 0.25) is 0 Å². The molecule has 2 aromatic rings. The summed E-state index contributed by atoms with van der Waals surface area (Å²) in [7, 11) is -2.14. The summed E-state index contributed by atoms with van der Waals surface area (Å²) < 4.78 is 28.3. The smallest absolute Gasteiger partial charge is 0.271 e. The molecule has 0 bridgehead atoms. The van der Waals surface area contributed by atoms with E-state index >= 15 is 0 Å². The number of nitro benzene ring substituents is 1. The van der Waals surface area contributed by atoms with E-state index in [2.05, 4.69) is 9.71 Å². The van der Waals surface area contributed by atoms with Crippen molar-refractivity contribution in [2.45, 2.75) is 11.4 Å². The highest BCUT2D eigenvalue weighted by Crippen LogP contribution is 2.23. The quantitative estimate of drug-likeness (QED) is 0.466. The number of anilines is 1. The van der Waals surface area contributed by atoms with Crippen molar-refractivity contribution in [2.24, 2.45) is 7.05 Å². The second-order valence-electron chi connectivity index (χ2n) is 4.26. The molecule has 0 amide bonds. The molecule has 0 aliphatic heterocycles. The molecule has 1 aromatic heterocycles. The van der Waals surface area contributed by atoms with Gasteiger partial charge in [0.2, 0.25) is 10.0 Å². The van der Waals surface area contributed by atoms with Gasteiger partial charge in [-0.1, -0.05) is 0 Å². The molecule has 21 heavy (non-hydrogen) atoms. The van der Waals surface area contributed by atoms with Crippen LogP contribution in [-0.2, 0) is 23.6 Å². The zero-order valence-corrected chi connectivity index (χ0v) is 11.9. The predicted octanol–water partition coefficient (Wildman–Crippen LogP) is 0.389. The van der Waals surface area contributed by atoms with Gasteiger partial charge < -0.3 is 10.3 Å². The van der Waals surface area contributed by atoms with Gasteiger partial charge in [0.05, 0.1) is 17.2 Å². The Kier molecular flexibility index (Phi) is 3.91. The number of hydrogen-bond acceptors (Lipinski definition) is 6. The second-order valence-corrected chi connectivity index (χ2v) is 5.99. The van der Waals surface area contributed by atoms with Gasteiger partial charge in [-0.3, -0.25) is 10.1 Å². The van der Waals surface area contributed by atoms with Gasteiger partial charge in [-0.15, -0.1) is 0 Å². The van der Waals surface area contributed by atoms with Crippen LogP contribution in [0.15, 0.2) is 35.5 Å². The number of nitrogens with zero attached hydrogens (tertiary/aromatic N) is 3. The normalized spacial score (nSPS) is 11.5. The number of nitrogen functional groups attached to an aromatic ring is 1. The molecule has 9 nitrogen and oxygen atoms in total. The number of imidazole rings is 1. The standard InChI is InChI=1S/C11H13N5O4S/c1-15-5-4-13-11(15)7-14-21(19,20)10-3-2-8(16(17)18)6-9(10)12/h2-6,14H,7,12H2,1H3. The predicted molar refractivity (Wildman–Crippen MR) is 74.7 cm³/mol. The van der Waals surface area contributed by atoms with Crippen LogP contribution in [0.5, 0.6) is 0 Å². The van der Waals surface area contributed by atoms with Gasteiger partial charge in [0.15, 0.2) is 0 Å². The number of hydrogen-bond donors (Lipinski definition) is 2. The van der Waals surface area contributed by atoms with E-state index < -0.39 is 14.9 Å². The molecule has 0 aliphatic rings. The fourth-order valence-corrected chi connectivity index (χ4v) is 2.79. The van der Waals surface area contributed by atoms with Gasteiger partial charge in [0.1, 0.15) is 10.7 Å². The monoisotopic (exact) mass is 311 g/mol. The lowest BCUT2D eigenvalue weighted by Gasteiger charge is -2.09. The number of nitro groups is 1. The van der Waals surface area contributed by atoms with E-state index in [1.807, 2.05) is 0 Å². The topological polar surface area (TPSA) is 133 Å². The Balaban J connectivity index is 2.23. The Morgan fingerprint density at radius 3 is 2.71 bits per heavy atom. The second kappa shape index (κ2) is 5.50. The van der Waals surface area contributed by atoms with Crippen LogP contribution in [0.3, 0.4) is 0 Å². The third kappa shape index (κ3) is 3.17. The van der Waals surface area contributed by atoms with E-state index in [9.17, 15) is 18.5 Å². The van der Waals surface area contributed by atoms with Crippen molar-refractivity contribution >= 4 is 21.4 Å². The molecule has 0 saturated heterocycles. The average Bonchev–Trinajstić information content (AvgIpc) is 2.81. The summed E-state index contributed by atoms with van der Waals surface area (Å²) in [5.74, 6) is 0.527. The van der Waals surface area contributed by atoms with Crippen molar-refractivity contribution in [3.63, 3.8) is 0 Å². The largest absolute Gasteiger partial charge is 0.397 e. The van der Waals surface area contributed by atoms with Crippen molar-refractivity contribution in [1.82, 2.24) is 14.3 Å². The highest BCUT2D eigenvalue weighted by Gasteiger charge is 2.20. The third-order valence-electron chi connectivity index (χ3n) is 2.83. The lowest BCUT2D eigenvalue weighted by Crippen LogP contribution is -2.25. The minimum Gasteiger partial charge on any atom is -0.397 e. The Labute approximate surface area is 120 Å². The van der Waals surface area contributed by atoms with Gasteiger partial charge in [-0.2, -0.15) is 0 Å². The molecule has 3 N–H and O–H groups in total. The number of benzene rings is 1. The summed E-state index contributed by atoms with van der Waals surface area (Å²) >= 11 is 0. The first kappa shape index (κ1) is 14.9. The summed E-state index contributed by atoms with van der Waals surface area (Å²) in [5, 5.41) is 10.6. The van der Waals surface area contributed by atoms with Crippen molar-refractivity contribution in [2.75, 3.05) is 5.73 Å². The maximum absolute atomic E-state index is 12.1. The number of nitrogens with two attached hydrogens (primary N) is 1. The molecule has 0 spiro atoms. The summed E-state index contributed by atoms with van der Waals surface area (Å²) in [6, 6.07) is 3.20. The minimum atomic E-state index is -3.88. The minimum absolute atomic E-state index is 0.0116. The molecule has 0 aliphatic carbocycles. The van der Waals surface area contributed by atoms with Gasteiger partial charge in [-0.25, -0.2) is 18.1 Å². The molecule has 0 fully saturated rings. The fourth-order valence-electron chi connectivity index (χ4n) is 1.70. The third-order valence-corrected chi connectivity index (χ3v) is 4.31. The maximum atomic E-state index is 12.1. The van der Waals surface area contributed by atoms with Gasteiger partial charge >= 0.3 is 0 Å². The SMILES string of the molecule is Cn1ccnc1CNS(=O)(=O)c1ccc([N+](=O)[O-])cc1N. The Bertz CT molecular complexity index is 784. The Morgan fingerprint density at radius 1 is 1.48 bits per heavy atom. The van der Waals surface area contributed by atoms with Gasteiger partial charge in [0.25, 0.3) is 5.69 Å². The van der Waals surface area contributed by atoms with Gasteiger partial charge in [0, 0.05) is 31.6 Å². The average molecular weight is 311 g/mol. The van der Waals surface area contributed by atoms with E-state index in [1.54, 1.807) is 24.0 Å². The maximum Gasteiger partial charge on any atom is 0.271 e. The molecular formula is C11H13N5O4S. The van der Waals surface area contributed by atoms with Crippen molar-refractivity contribution in [3.05, 3.63) is 46.5 Å². The number of rotatable bonds is 5. The van der Waals surface area contributed by atoms with Crippen LogP contribution in [0, 0.1) is 10.1 Å². The van der Waals surface area contributed by atoms with E-state index in [0.29, 0.717) is 5.82 Å². The van der Waals surface area contributed by atoms with E-state index in [-0.39, 0.29) is 22.8 Å². The number of non-ortho nitro benzene ring substituents is 1. The van der Waals surface area contributed by atoms with Crippen LogP contribution < -0.4 is 10.5 Å². The highest BCUT2D eigenvalue weighted by molar-refractivity contribution is 7.89. The molecule has 1 aromatic carbocycles.